The molecule has 0 amide bonds. The van der Waals surface area contributed by atoms with Crippen molar-refractivity contribution in [2.45, 2.75) is 6.23 Å². The number of phenolic OH excluding ortho intramolecular Hbond substituents is 7. The third kappa shape index (κ3) is 6.04. The second-order valence-corrected chi connectivity index (χ2v) is 13.3. The lowest BCUT2D eigenvalue weighted by atomic mass is 9.85. The van der Waals surface area contributed by atoms with Gasteiger partial charge in [0.1, 0.15) is 30.8 Å². The number of benzene rings is 6. The first-order valence-corrected chi connectivity index (χ1v) is 17.4. The second kappa shape index (κ2) is 14.4. The molecule has 12 heteroatoms. The van der Waals surface area contributed by atoms with E-state index in [1.165, 1.54) is 13.9 Å². The molecule has 7 rings (SSSR count). The van der Waals surface area contributed by atoms with Crippen LogP contribution in [0.1, 0.15) is 0 Å². The molecule has 0 radical (unpaired) electrons. The van der Waals surface area contributed by atoms with Gasteiger partial charge in [-0.15, -0.1) is 0 Å². The smallest absolute Gasteiger partial charge is 0.190 e. The van der Waals surface area contributed by atoms with Gasteiger partial charge in [-0.2, -0.15) is 0 Å². The van der Waals surface area contributed by atoms with E-state index in [0.29, 0.717) is 15.7 Å². The van der Waals surface area contributed by atoms with E-state index in [1.54, 1.807) is 85.0 Å². The van der Waals surface area contributed by atoms with Crippen molar-refractivity contribution in [3.63, 3.8) is 0 Å². The van der Waals surface area contributed by atoms with Crippen LogP contribution < -0.4 is 10.4 Å². The van der Waals surface area contributed by atoms with Crippen molar-refractivity contribution in [1.29, 1.82) is 0 Å². The molecule has 11 nitrogen and oxygen atoms in total. The molecule has 1 atom stereocenters. The summed E-state index contributed by atoms with van der Waals surface area (Å²) >= 11 is 0. The first kappa shape index (κ1) is 36.9. The van der Waals surface area contributed by atoms with Crippen LogP contribution in [0.5, 0.6) is 40.2 Å². The lowest BCUT2D eigenvalue weighted by Crippen LogP contribution is -2.37. The van der Waals surface area contributed by atoms with Gasteiger partial charge in [0.15, 0.2) is 40.7 Å². The van der Waals surface area contributed by atoms with Crippen LogP contribution in [0.4, 0.5) is 11.4 Å². The number of nitrogens with zero attached hydrogens (tertiary/aromatic N) is 1. The molecule has 280 valence electrons. The largest absolute Gasteiger partial charge is 0.508 e. The van der Waals surface area contributed by atoms with E-state index in [9.17, 15) is 51.1 Å². The Morgan fingerprint density at radius 1 is 0.571 bits per heavy atom. The van der Waals surface area contributed by atoms with Crippen LogP contribution in [0.2, 0.25) is 0 Å². The van der Waals surface area contributed by atoms with Crippen molar-refractivity contribution in [3.8, 4) is 73.6 Å². The van der Waals surface area contributed by atoms with Crippen LogP contribution in [-0.4, -0.2) is 65.1 Å². The Morgan fingerprint density at radius 2 is 1.09 bits per heavy atom. The molecule has 1 aliphatic carbocycles. The van der Waals surface area contributed by atoms with Gasteiger partial charge in [-0.1, -0.05) is 128 Å². The summed E-state index contributed by atoms with van der Waals surface area (Å²) in [5.41, 5.74) is -0.580. The summed E-state index contributed by atoms with van der Waals surface area (Å²) < 4.78 is 0. The van der Waals surface area contributed by atoms with Gasteiger partial charge in [-0.25, -0.2) is 0 Å². The summed E-state index contributed by atoms with van der Waals surface area (Å²) in [6.07, 6.45) is 3.88. The average molecular weight is 750 g/mol. The molecule has 0 saturated carbocycles. The lowest BCUT2D eigenvalue weighted by Gasteiger charge is -2.34. The number of rotatable bonds is 9. The van der Waals surface area contributed by atoms with Crippen LogP contribution >= 0.6 is 0 Å². The highest BCUT2D eigenvalue weighted by Gasteiger charge is 2.39. The van der Waals surface area contributed by atoms with E-state index in [-0.39, 0.29) is 33.3 Å². The maximum absolute atomic E-state index is 12.0. The summed E-state index contributed by atoms with van der Waals surface area (Å²) in [5, 5.41) is 117. The van der Waals surface area contributed by atoms with Gasteiger partial charge >= 0.3 is 0 Å². The summed E-state index contributed by atoms with van der Waals surface area (Å²) in [7, 11) is 1.29. The Kier molecular flexibility index (Phi) is 9.50. The zero-order chi connectivity index (χ0) is 40.0. The van der Waals surface area contributed by atoms with Gasteiger partial charge in [0.05, 0.1) is 16.8 Å². The molecule has 56 heavy (non-hydrogen) atoms. The average Bonchev–Trinajstić information content (AvgIpc) is 3.73. The number of hydrogen-bond donors (Lipinski definition) is 10. The summed E-state index contributed by atoms with van der Waals surface area (Å²) in [5.74, 6) is -9.24. The molecule has 0 heterocycles. The first-order valence-electron chi connectivity index (χ1n) is 17.4. The normalized spacial score (nSPS) is 13.5. The number of aliphatic hydroxyl groups is 3. The topological polar surface area (TPSA) is 206 Å². The molecule has 0 bridgehead atoms. The Morgan fingerprint density at radius 3 is 1.71 bits per heavy atom. The molecule has 1 aliphatic rings. The highest BCUT2D eigenvalue weighted by molar-refractivity contribution is 6.39. The minimum absolute atomic E-state index is 0.209. The van der Waals surface area contributed by atoms with E-state index in [0.717, 1.165) is 11.1 Å². The van der Waals surface area contributed by atoms with Crippen LogP contribution in [0, 0.1) is 5.92 Å². The highest BCUT2D eigenvalue weighted by atomic mass is 16.4. The lowest BCUT2D eigenvalue weighted by molar-refractivity contribution is 0.152. The predicted octanol–water partition coefficient (Wildman–Crippen LogP) is 7.12. The van der Waals surface area contributed by atoms with E-state index >= 15 is 0 Å². The molecule has 0 aliphatic heterocycles. The summed E-state index contributed by atoms with van der Waals surface area (Å²) in [6.45, 7) is 3.51. The zero-order valence-electron chi connectivity index (χ0n) is 29.8. The van der Waals surface area contributed by atoms with Crippen LogP contribution in [0.3, 0.4) is 0 Å². The minimum Gasteiger partial charge on any atom is -0.508 e. The third-order valence-corrected chi connectivity index (χ3v) is 9.98. The van der Waals surface area contributed by atoms with E-state index in [4.69, 9.17) is 0 Å². The van der Waals surface area contributed by atoms with Gasteiger partial charge in [-0.3, -0.25) is 4.90 Å². The molecule has 0 aromatic heterocycles. The molecule has 6 aromatic rings. The Hall–Kier alpha value is -7.44. The number of fused-ring (bicyclic) bond motifs is 1. The van der Waals surface area contributed by atoms with Crippen LogP contribution in [-0.2, 0) is 0 Å². The number of phenols is 7. The first-order chi connectivity index (χ1) is 26.8. The van der Waals surface area contributed by atoms with Crippen LogP contribution in [0.25, 0.3) is 44.2 Å². The molecule has 0 fully saturated rings. The number of aliphatic hydroxyl groups excluding tert-OH is 3. The second-order valence-electron chi connectivity index (χ2n) is 13.3. The zero-order valence-corrected chi connectivity index (χ0v) is 29.8. The van der Waals surface area contributed by atoms with Gasteiger partial charge < -0.3 is 51.1 Å². The number of hydrogen-bond acceptors (Lipinski definition) is 11. The number of allylic oxidation sites excluding steroid dienone is 5. The molecule has 0 saturated heterocycles. The Balaban J connectivity index is 1.48. The number of aromatic hydroxyl groups is 7. The van der Waals surface area contributed by atoms with Gasteiger partial charge in [0.25, 0.3) is 0 Å². The SMILES string of the molecule is Bc1c(O)c(-c2ccc(-c3ccccc3)cc2)c(O)c(O)c1N(c1c(O)c(O)c(-c2cccc3ccccc23)c(O)c1O)C(O)/C(O)=C(\C(=C)O)C1C=CC=C1. The molecule has 1 unspecified atom stereocenters. The third-order valence-electron chi connectivity index (χ3n) is 9.98. The van der Waals surface area contributed by atoms with E-state index in [2.05, 4.69) is 6.58 Å². The Labute approximate surface area is 321 Å². The van der Waals surface area contributed by atoms with Crippen molar-refractivity contribution < 1.29 is 51.1 Å². The fourth-order valence-corrected chi connectivity index (χ4v) is 7.21. The van der Waals surface area contributed by atoms with Crippen molar-refractivity contribution in [3.05, 3.63) is 145 Å². The molecule has 0 spiro atoms. The van der Waals surface area contributed by atoms with Crippen molar-refractivity contribution in [2.75, 3.05) is 4.90 Å². The quantitative estimate of drug-likeness (QED) is 0.0180. The summed E-state index contributed by atoms with van der Waals surface area (Å²) in [4.78, 5) is 0.504. The minimum atomic E-state index is -2.48. The standard InChI is InChI=1S/C44H36BNO10/c1-22(47)30(26-13-5-6-14-26)40(52)44(56)46(35-42(54)38(50)32(39(51)43(35)55)29-17-9-15-25-12-7-8-16-28(25)29)34-33(45)36(48)31(37(49)41(34)53)27-20-18-24(19-21-27)23-10-3-2-4-11-23/h2-21,26,44,47-56H,1,45H2/b40-30-. The molecule has 10 N–H and O–H groups in total. The highest BCUT2D eigenvalue weighted by Crippen LogP contribution is 2.59. The molecule has 6 aromatic carbocycles. The number of anilines is 2. The van der Waals surface area contributed by atoms with Crippen LogP contribution in [0.15, 0.2) is 145 Å². The van der Waals surface area contributed by atoms with Crippen molar-refractivity contribution in [1.82, 2.24) is 0 Å². The van der Waals surface area contributed by atoms with E-state index < -0.39 is 75.3 Å². The van der Waals surface area contributed by atoms with E-state index in [1.807, 2.05) is 30.3 Å². The van der Waals surface area contributed by atoms with Crippen molar-refractivity contribution >= 4 is 35.5 Å². The van der Waals surface area contributed by atoms with Gasteiger partial charge in [0, 0.05) is 11.5 Å². The maximum Gasteiger partial charge on any atom is 0.190 e. The Bertz CT molecular complexity index is 2560. The molecular formula is C44H36BNO10. The maximum atomic E-state index is 12.0. The summed E-state index contributed by atoms with van der Waals surface area (Å²) in [6, 6.07) is 28.1. The predicted molar refractivity (Wildman–Crippen MR) is 218 cm³/mol. The van der Waals surface area contributed by atoms with Gasteiger partial charge in [0.2, 0.25) is 0 Å². The fraction of sp³-hybridized carbons (Fsp3) is 0.0455. The fourth-order valence-electron chi connectivity index (χ4n) is 7.21. The molecular weight excluding hydrogens is 713 g/mol. The van der Waals surface area contributed by atoms with Gasteiger partial charge in [-0.05, 0) is 38.5 Å². The van der Waals surface area contributed by atoms with Crippen molar-refractivity contribution in [2.24, 2.45) is 5.92 Å². The monoisotopic (exact) mass is 749 g/mol.